The van der Waals surface area contributed by atoms with Gasteiger partial charge in [0.1, 0.15) is 0 Å². The average Bonchev–Trinajstić information content (AvgIpc) is 2.94. The van der Waals surface area contributed by atoms with Gasteiger partial charge >= 0.3 is 0 Å². The Bertz CT molecular complexity index is 535. The second kappa shape index (κ2) is 7.74. The SMILES string of the molecule is CC(Cc1cc(C(C)C)cs1)NCC(O)c1ccccc1. The van der Waals surface area contributed by atoms with Gasteiger partial charge in [0.2, 0.25) is 0 Å². The predicted octanol–water partition coefficient (Wildman–Crippen LogP) is 4.13. The Morgan fingerprint density at radius 2 is 1.81 bits per heavy atom. The fourth-order valence-electron chi connectivity index (χ4n) is 2.29. The quantitative estimate of drug-likeness (QED) is 0.806. The number of hydrogen-bond donors (Lipinski definition) is 2. The van der Waals surface area contributed by atoms with Gasteiger partial charge in [-0.1, -0.05) is 44.2 Å². The highest BCUT2D eigenvalue weighted by molar-refractivity contribution is 7.10. The highest BCUT2D eigenvalue weighted by Gasteiger charge is 2.11. The molecule has 2 nitrogen and oxygen atoms in total. The fraction of sp³-hybridized carbons (Fsp3) is 0.444. The van der Waals surface area contributed by atoms with Crippen molar-refractivity contribution < 1.29 is 5.11 Å². The van der Waals surface area contributed by atoms with Crippen molar-refractivity contribution in [3.8, 4) is 0 Å². The summed E-state index contributed by atoms with van der Waals surface area (Å²) in [5.74, 6) is 0.596. The molecule has 0 radical (unpaired) electrons. The summed E-state index contributed by atoms with van der Waals surface area (Å²) in [4.78, 5) is 1.41. The van der Waals surface area contributed by atoms with Gasteiger partial charge in [0.05, 0.1) is 6.10 Å². The van der Waals surface area contributed by atoms with Crippen LogP contribution in [0.4, 0.5) is 0 Å². The lowest BCUT2D eigenvalue weighted by atomic mass is 10.1. The van der Waals surface area contributed by atoms with E-state index in [0.717, 1.165) is 12.0 Å². The van der Waals surface area contributed by atoms with Crippen LogP contribution in [0.3, 0.4) is 0 Å². The largest absolute Gasteiger partial charge is 0.387 e. The first-order valence-corrected chi connectivity index (χ1v) is 8.48. The van der Waals surface area contributed by atoms with Gasteiger partial charge in [-0.05, 0) is 41.8 Å². The van der Waals surface area contributed by atoms with Gasteiger partial charge in [0.15, 0.2) is 0 Å². The second-order valence-corrected chi connectivity index (χ2v) is 6.94. The van der Waals surface area contributed by atoms with E-state index in [2.05, 4.69) is 37.5 Å². The first kappa shape index (κ1) is 16.2. The summed E-state index contributed by atoms with van der Waals surface area (Å²) in [7, 11) is 0. The molecule has 2 N–H and O–H groups in total. The maximum atomic E-state index is 10.2. The molecule has 0 aliphatic carbocycles. The van der Waals surface area contributed by atoms with E-state index < -0.39 is 6.10 Å². The zero-order valence-corrected chi connectivity index (χ0v) is 13.9. The minimum absolute atomic E-state index is 0.363. The third kappa shape index (κ3) is 4.95. The fourth-order valence-corrected chi connectivity index (χ4v) is 3.47. The summed E-state index contributed by atoms with van der Waals surface area (Å²) < 4.78 is 0. The molecule has 2 atom stereocenters. The van der Waals surface area contributed by atoms with E-state index in [1.807, 2.05) is 41.7 Å². The van der Waals surface area contributed by atoms with Gasteiger partial charge in [-0.15, -0.1) is 11.3 Å². The molecule has 0 bridgehead atoms. The second-order valence-electron chi connectivity index (χ2n) is 5.94. The molecule has 21 heavy (non-hydrogen) atoms. The molecule has 1 aromatic heterocycles. The minimum atomic E-state index is -0.441. The predicted molar refractivity (Wildman–Crippen MR) is 91.0 cm³/mol. The van der Waals surface area contributed by atoms with Crippen molar-refractivity contribution in [2.75, 3.05) is 6.54 Å². The van der Waals surface area contributed by atoms with Crippen LogP contribution in [0.25, 0.3) is 0 Å². The topological polar surface area (TPSA) is 32.3 Å². The third-order valence-corrected chi connectivity index (χ3v) is 4.67. The molecule has 3 heteroatoms. The molecule has 0 fully saturated rings. The molecular weight excluding hydrogens is 278 g/mol. The van der Waals surface area contributed by atoms with Gasteiger partial charge in [0.25, 0.3) is 0 Å². The first-order valence-electron chi connectivity index (χ1n) is 7.60. The molecule has 0 aliphatic rings. The Hall–Kier alpha value is -1.16. The summed E-state index contributed by atoms with van der Waals surface area (Å²) in [5.41, 5.74) is 2.39. The lowest BCUT2D eigenvalue weighted by Gasteiger charge is -2.17. The number of thiophene rings is 1. The number of rotatable bonds is 7. The Labute approximate surface area is 131 Å². The number of aliphatic hydroxyl groups excluding tert-OH is 1. The minimum Gasteiger partial charge on any atom is -0.387 e. The van der Waals surface area contributed by atoms with Crippen LogP contribution in [-0.4, -0.2) is 17.7 Å². The molecule has 0 saturated heterocycles. The van der Waals surface area contributed by atoms with Crippen LogP contribution in [0.2, 0.25) is 0 Å². The number of hydrogen-bond acceptors (Lipinski definition) is 3. The van der Waals surface area contributed by atoms with Crippen molar-refractivity contribution in [2.24, 2.45) is 0 Å². The van der Waals surface area contributed by atoms with E-state index >= 15 is 0 Å². The van der Waals surface area contributed by atoms with Crippen molar-refractivity contribution in [3.63, 3.8) is 0 Å². The maximum absolute atomic E-state index is 10.2. The van der Waals surface area contributed by atoms with E-state index in [1.165, 1.54) is 10.4 Å². The molecule has 0 aliphatic heterocycles. The van der Waals surface area contributed by atoms with Crippen molar-refractivity contribution in [1.82, 2.24) is 5.32 Å². The lowest BCUT2D eigenvalue weighted by Crippen LogP contribution is -2.31. The van der Waals surface area contributed by atoms with Crippen molar-refractivity contribution in [2.45, 2.75) is 45.3 Å². The van der Waals surface area contributed by atoms with Crippen molar-refractivity contribution in [1.29, 1.82) is 0 Å². The van der Waals surface area contributed by atoms with Crippen LogP contribution >= 0.6 is 11.3 Å². The highest BCUT2D eigenvalue weighted by atomic mass is 32.1. The van der Waals surface area contributed by atoms with Gasteiger partial charge < -0.3 is 10.4 Å². The summed E-state index contributed by atoms with van der Waals surface area (Å²) in [6.07, 6.45) is 0.571. The van der Waals surface area contributed by atoms with Gasteiger partial charge in [-0.25, -0.2) is 0 Å². The van der Waals surface area contributed by atoms with E-state index in [0.29, 0.717) is 18.5 Å². The molecule has 2 rings (SSSR count). The van der Waals surface area contributed by atoms with Crippen LogP contribution in [0.5, 0.6) is 0 Å². The molecule has 1 heterocycles. The monoisotopic (exact) mass is 303 g/mol. The zero-order chi connectivity index (χ0) is 15.2. The van der Waals surface area contributed by atoms with Crippen molar-refractivity contribution in [3.05, 3.63) is 57.8 Å². The normalized spacial score (nSPS) is 14.3. The van der Waals surface area contributed by atoms with Crippen LogP contribution in [0, 0.1) is 0 Å². The third-order valence-electron chi connectivity index (χ3n) is 3.69. The molecule has 0 spiro atoms. The molecule has 0 amide bonds. The standard InChI is InChI=1S/C18H25NOS/c1-13(2)16-10-17(21-12-16)9-14(3)19-11-18(20)15-7-5-4-6-8-15/h4-8,10,12-14,18-20H,9,11H2,1-3H3. The Morgan fingerprint density at radius 1 is 1.10 bits per heavy atom. The Morgan fingerprint density at radius 3 is 2.43 bits per heavy atom. The Kier molecular flexibility index (Phi) is 5.97. The molecule has 114 valence electrons. The van der Waals surface area contributed by atoms with Gasteiger partial charge in [-0.2, -0.15) is 0 Å². The van der Waals surface area contributed by atoms with Crippen LogP contribution in [0.1, 0.15) is 48.8 Å². The van der Waals surface area contributed by atoms with E-state index in [-0.39, 0.29) is 0 Å². The van der Waals surface area contributed by atoms with Gasteiger partial charge in [0, 0.05) is 17.5 Å². The maximum Gasteiger partial charge on any atom is 0.0914 e. The molecule has 2 unspecified atom stereocenters. The van der Waals surface area contributed by atoms with Crippen LogP contribution in [0.15, 0.2) is 41.8 Å². The van der Waals surface area contributed by atoms with Crippen LogP contribution in [-0.2, 0) is 6.42 Å². The smallest absolute Gasteiger partial charge is 0.0914 e. The summed E-state index contributed by atoms with van der Waals surface area (Å²) in [6.45, 7) is 7.22. The Balaban J connectivity index is 1.80. The number of nitrogens with one attached hydrogen (secondary N) is 1. The first-order chi connectivity index (χ1) is 10.1. The van der Waals surface area contributed by atoms with E-state index in [9.17, 15) is 5.11 Å². The van der Waals surface area contributed by atoms with E-state index in [1.54, 1.807) is 0 Å². The molecule has 1 aromatic carbocycles. The summed E-state index contributed by atoms with van der Waals surface area (Å²) >= 11 is 1.83. The summed E-state index contributed by atoms with van der Waals surface area (Å²) in [5, 5.41) is 15.8. The average molecular weight is 303 g/mol. The number of benzene rings is 1. The van der Waals surface area contributed by atoms with E-state index in [4.69, 9.17) is 0 Å². The van der Waals surface area contributed by atoms with Gasteiger partial charge in [-0.3, -0.25) is 0 Å². The lowest BCUT2D eigenvalue weighted by molar-refractivity contribution is 0.170. The molecule has 0 saturated carbocycles. The van der Waals surface area contributed by atoms with Crippen LogP contribution < -0.4 is 5.32 Å². The zero-order valence-electron chi connectivity index (χ0n) is 13.0. The molecular formula is C18H25NOS. The number of aliphatic hydroxyl groups is 1. The highest BCUT2D eigenvalue weighted by Crippen LogP contribution is 2.23. The summed E-state index contributed by atoms with van der Waals surface area (Å²) in [6, 6.07) is 12.5. The molecule has 2 aromatic rings. The van der Waals surface area contributed by atoms with Crippen molar-refractivity contribution >= 4 is 11.3 Å².